The number of allylic oxidation sites excluding steroid dienone is 1. The molecule has 9 atom stereocenters. The summed E-state index contributed by atoms with van der Waals surface area (Å²) >= 11 is 0. The molecule has 6 heteroatoms. The number of esters is 2. The zero-order valence-electron chi connectivity index (χ0n) is 31.4. The van der Waals surface area contributed by atoms with E-state index in [4.69, 9.17) is 15.2 Å². The highest BCUT2D eigenvalue weighted by molar-refractivity contribution is 5.90. The molecule has 2 aromatic carbocycles. The van der Waals surface area contributed by atoms with Crippen LogP contribution in [-0.4, -0.2) is 35.9 Å². The van der Waals surface area contributed by atoms with Crippen molar-refractivity contribution in [3.8, 4) is 0 Å². The highest BCUT2D eigenvalue weighted by Gasteiger charge is 2.67. The summed E-state index contributed by atoms with van der Waals surface area (Å²) in [6.45, 7) is 17.3. The van der Waals surface area contributed by atoms with Gasteiger partial charge in [0, 0.05) is 16.5 Å². The van der Waals surface area contributed by atoms with Gasteiger partial charge in [-0.3, -0.25) is 0 Å². The number of fused-ring (bicyclic) bond motifs is 6. The van der Waals surface area contributed by atoms with E-state index >= 15 is 0 Å². The number of hydrogen-bond acceptors (Lipinski definition) is 6. The molecule has 0 spiro atoms. The molecule has 2 aromatic rings. The summed E-state index contributed by atoms with van der Waals surface area (Å²) in [6, 6.07) is 16.3. The van der Waals surface area contributed by atoms with Crippen LogP contribution >= 0.6 is 0 Å². The Morgan fingerprint density at radius 1 is 0.800 bits per heavy atom. The molecule has 3 fully saturated rings. The molecule has 270 valence electrons. The number of carbonyl (C=O) groups excluding carboxylic acids is 2. The molecule has 0 aromatic heterocycles. The van der Waals surface area contributed by atoms with E-state index in [9.17, 15) is 14.7 Å². The smallest absolute Gasteiger partial charge is 0.338 e. The lowest BCUT2D eigenvalue weighted by Crippen LogP contribution is -2.63. The van der Waals surface area contributed by atoms with Crippen LogP contribution < -0.4 is 5.73 Å². The number of ether oxygens (including phenoxy) is 2. The monoisotopic (exact) mass is 681 g/mol. The number of anilines is 1. The van der Waals surface area contributed by atoms with E-state index in [0.29, 0.717) is 35.8 Å². The standard InChI is InChI=1S/C44H59NO5/c1-39(2)33-25-32(46)36-31(42(33,5)19-18-35(39)50-38(48)29-13-15-30(45)16-14-29)17-20-43(6)34-26-40(3,21-22-41(34,4)23-24-44(36,43)7)27-49-37(47)28-11-9-8-10-12-28/h8-16,32-35,46H,17-27,45H2,1-7H3/t32-,33-,34+,35-,40+,41+,42+,43-,44+/m0/s1. The third-order valence-corrected chi connectivity index (χ3v) is 15.7. The van der Waals surface area contributed by atoms with Crippen LogP contribution in [0.5, 0.6) is 0 Å². The first kappa shape index (κ1) is 35.3. The molecule has 0 bridgehead atoms. The summed E-state index contributed by atoms with van der Waals surface area (Å²) in [6.07, 6.45) is 9.31. The van der Waals surface area contributed by atoms with E-state index in [1.54, 1.807) is 24.3 Å². The van der Waals surface area contributed by atoms with Crippen molar-refractivity contribution in [2.45, 2.75) is 125 Å². The second-order valence-electron chi connectivity index (χ2n) is 18.9. The first-order valence-corrected chi connectivity index (χ1v) is 19.2. The Labute approximate surface area is 299 Å². The summed E-state index contributed by atoms with van der Waals surface area (Å²) < 4.78 is 12.3. The zero-order chi connectivity index (χ0) is 35.9. The van der Waals surface area contributed by atoms with Crippen LogP contribution in [0.1, 0.15) is 133 Å². The Balaban J connectivity index is 1.15. The Bertz CT molecular complexity index is 1680. The maximum absolute atomic E-state index is 13.3. The van der Waals surface area contributed by atoms with Crippen molar-refractivity contribution in [1.29, 1.82) is 0 Å². The van der Waals surface area contributed by atoms with Gasteiger partial charge in [-0.1, -0.05) is 72.2 Å². The minimum atomic E-state index is -0.510. The first-order valence-electron chi connectivity index (χ1n) is 19.2. The van der Waals surface area contributed by atoms with Gasteiger partial charge in [0.05, 0.1) is 23.8 Å². The van der Waals surface area contributed by atoms with E-state index in [1.807, 2.05) is 30.3 Å². The van der Waals surface area contributed by atoms with Crippen LogP contribution in [0, 0.1) is 44.3 Å². The Kier molecular flexibility index (Phi) is 8.45. The van der Waals surface area contributed by atoms with E-state index in [0.717, 1.165) is 57.8 Å². The fraction of sp³-hybridized carbons (Fsp3) is 0.636. The Morgan fingerprint density at radius 3 is 2.16 bits per heavy atom. The van der Waals surface area contributed by atoms with Gasteiger partial charge in [0.15, 0.2) is 0 Å². The third-order valence-electron chi connectivity index (χ3n) is 15.7. The number of hydrogen-bond donors (Lipinski definition) is 2. The van der Waals surface area contributed by atoms with Gasteiger partial charge in [0.1, 0.15) is 6.10 Å². The lowest BCUT2D eigenvalue weighted by Gasteiger charge is -2.70. The van der Waals surface area contributed by atoms with Crippen LogP contribution in [0.2, 0.25) is 0 Å². The first-order chi connectivity index (χ1) is 23.5. The van der Waals surface area contributed by atoms with Gasteiger partial charge < -0.3 is 20.3 Å². The van der Waals surface area contributed by atoms with Gasteiger partial charge in [-0.05, 0) is 140 Å². The number of nitrogens with two attached hydrogens (primary N) is 1. The number of benzene rings is 2. The number of aliphatic hydroxyl groups excluding tert-OH is 1. The van der Waals surface area contributed by atoms with Gasteiger partial charge in [0.25, 0.3) is 0 Å². The van der Waals surface area contributed by atoms with E-state index in [-0.39, 0.29) is 56.5 Å². The van der Waals surface area contributed by atoms with Gasteiger partial charge >= 0.3 is 11.9 Å². The predicted molar refractivity (Wildman–Crippen MR) is 197 cm³/mol. The molecule has 50 heavy (non-hydrogen) atoms. The SMILES string of the molecule is CC1(C)[C@@H](OC(=O)c2ccc(N)cc2)CC[C@]2(C)C3=C([C@@H](O)C[C@@H]12)[C@@]1(C)CC[C@@]2(C)CC[C@@](C)(COC(=O)c4ccccc4)C[C@H]2[C@]1(C)CC3. The van der Waals surface area contributed by atoms with Crippen LogP contribution in [0.25, 0.3) is 0 Å². The normalized spacial score (nSPS) is 40.4. The molecule has 0 amide bonds. The van der Waals surface area contributed by atoms with Gasteiger partial charge in [-0.15, -0.1) is 0 Å². The molecule has 0 saturated heterocycles. The van der Waals surface area contributed by atoms with E-state index in [1.165, 1.54) is 11.1 Å². The van der Waals surface area contributed by atoms with Crippen molar-refractivity contribution in [1.82, 2.24) is 0 Å². The molecule has 0 radical (unpaired) electrons. The molecule has 5 aliphatic rings. The topological polar surface area (TPSA) is 98.8 Å². The molecular formula is C44H59NO5. The van der Waals surface area contributed by atoms with Crippen LogP contribution in [0.15, 0.2) is 65.7 Å². The largest absolute Gasteiger partial charge is 0.462 e. The Hall–Kier alpha value is -3.12. The van der Waals surface area contributed by atoms with Crippen LogP contribution in [0.4, 0.5) is 5.69 Å². The van der Waals surface area contributed by atoms with Crippen molar-refractivity contribution < 1.29 is 24.2 Å². The molecule has 3 saturated carbocycles. The number of carbonyl (C=O) groups is 2. The second kappa shape index (κ2) is 12.0. The highest BCUT2D eigenvalue weighted by atomic mass is 16.5. The average Bonchev–Trinajstić information content (AvgIpc) is 3.08. The molecule has 0 unspecified atom stereocenters. The van der Waals surface area contributed by atoms with Crippen molar-refractivity contribution in [2.24, 2.45) is 44.3 Å². The zero-order valence-corrected chi connectivity index (χ0v) is 31.4. The predicted octanol–water partition coefficient (Wildman–Crippen LogP) is 9.57. The molecule has 3 N–H and O–H groups in total. The summed E-state index contributed by atoms with van der Waals surface area (Å²) in [7, 11) is 0. The number of nitrogen functional groups attached to an aromatic ring is 1. The van der Waals surface area contributed by atoms with Gasteiger partial charge in [-0.25, -0.2) is 9.59 Å². The van der Waals surface area contributed by atoms with Gasteiger partial charge in [0.2, 0.25) is 0 Å². The lowest BCUT2D eigenvalue weighted by atomic mass is 9.35. The average molecular weight is 682 g/mol. The van der Waals surface area contributed by atoms with Gasteiger partial charge in [-0.2, -0.15) is 0 Å². The van der Waals surface area contributed by atoms with Crippen molar-refractivity contribution in [3.05, 3.63) is 76.9 Å². The van der Waals surface area contributed by atoms with E-state index in [2.05, 4.69) is 48.5 Å². The third kappa shape index (κ3) is 5.37. The van der Waals surface area contributed by atoms with Crippen LogP contribution in [-0.2, 0) is 9.47 Å². The Morgan fingerprint density at radius 2 is 1.46 bits per heavy atom. The maximum atomic E-state index is 13.3. The molecule has 0 aliphatic heterocycles. The minimum Gasteiger partial charge on any atom is -0.462 e. The van der Waals surface area contributed by atoms with Crippen molar-refractivity contribution in [3.63, 3.8) is 0 Å². The number of rotatable bonds is 5. The lowest BCUT2D eigenvalue weighted by molar-refractivity contribution is -0.169. The summed E-state index contributed by atoms with van der Waals surface area (Å²) in [5, 5.41) is 12.4. The summed E-state index contributed by atoms with van der Waals surface area (Å²) in [4.78, 5) is 26.2. The molecule has 0 heterocycles. The minimum absolute atomic E-state index is 0.0233. The molecule has 7 rings (SSSR count). The molecule has 5 aliphatic carbocycles. The summed E-state index contributed by atoms with van der Waals surface area (Å²) in [5.74, 6) is 0.122. The van der Waals surface area contributed by atoms with E-state index < -0.39 is 6.10 Å². The molecule has 6 nitrogen and oxygen atoms in total. The summed E-state index contributed by atoms with van der Waals surface area (Å²) in [5.41, 5.74) is 10.1. The fourth-order valence-electron chi connectivity index (χ4n) is 12.4. The molecular weight excluding hydrogens is 622 g/mol. The quantitative estimate of drug-likeness (QED) is 0.185. The highest BCUT2D eigenvalue weighted by Crippen LogP contribution is 2.75. The van der Waals surface area contributed by atoms with Crippen molar-refractivity contribution >= 4 is 17.6 Å². The maximum Gasteiger partial charge on any atom is 0.338 e. The second-order valence-corrected chi connectivity index (χ2v) is 18.9. The number of aliphatic hydroxyl groups is 1. The van der Waals surface area contributed by atoms with Crippen molar-refractivity contribution in [2.75, 3.05) is 12.3 Å². The fourth-order valence-corrected chi connectivity index (χ4v) is 12.4. The van der Waals surface area contributed by atoms with Crippen LogP contribution in [0.3, 0.4) is 0 Å².